The average Bonchev–Trinajstić information content (AvgIpc) is 2.48. The van der Waals surface area contributed by atoms with Gasteiger partial charge in [0.1, 0.15) is 5.75 Å². The number of halogens is 1. The van der Waals surface area contributed by atoms with E-state index >= 15 is 0 Å². The maximum Gasteiger partial charge on any atom is 0.124 e. The van der Waals surface area contributed by atoms with Crippen LogP contribution in [0.2, 0.25) is 0 Å². The van der Waals surface area contributed by atoms with E-state index in [-0.39, 0.29) is 6.10 Å². The Morgan fingerprint density at radius 3 is 3.05 bits per heavy atom. The lowest BCUT2D eigenvalue weighted by Gasteiger charge is -2.33. The maximum absolute atomic E-state index is 6.06. The number of benzene rings is 1. The topological polar surface area (TPSA) is 30.5 Å². The number of hydrogen-bond donors (Lipinski definition) is 1. The van der Waals surface area contributed by atoms with E-state index in [0.717, 1.165) is 41.9 Å². The molecule has 3 nitrogen and oxygen atoms in total. The number of rotatable bonds is 6. The Bertz CT molecular complexity index is 425. The summed E-state index contributed by atoms with van der Waals surface area (Å²) in [5.41, 5.74) is 1.16. The van der Waals surface area contributed by atoms with Crippen LogP contribution in [-0.4, -0.2) is 26.8 Å². The van der Waals surface area contributed by atoms with Crippen molar-refractivity contribution >= 4 is 15.9 Å². The Balaban J connectivity index is 2.16. The monoisotopic (exact) mass is 341 g/mol. The van der Waals surface area contributed by atoms with Crippen molar-refractivity contribution in [2.24, 2.45) is 5.92 Å². The predicted octanol–water partition coefficient (Wildman–Crippen LogP) is 3.93. The first-order chi connectivity index (χ1) is 9.76. The predicted molar refractivity (Wildman–Crippen MR) is 85.3 cm³/mol. The summed E-state index contributed by atoms with van der Waals surface area (Å²) in [6.07, 6.45) is 3.64. The molecular formula is C16H24BrNO2. The fourth-order valence-electron chi connectivity index (χ4n) is 2.79. The minimum Gasteiger partial charge on any atom is -0.496 e. The minimum atomic E-state index is 0.126. The largest absolute Gasteiger partial charge is 0.496 e. The van der Waals surface area contributed by atoms with Crippen molar-refractivity contribution in [2.75, 3.05) is 26.8 Å². The third-order valence-corrected chi connectivity index (χ3v) is 4.27. The standard InChI is InChI=1S/C16H24BrNO2/c1-3-8-18-11-12-5-4-9-20-16(12)14-10-13(17)6-7-15(14)19-2/h6-7,10,12,16,18H,3-5,8-9,11H2,1-2H3. The molecule has 0 bridgehead atoms. The van der Waals surface area contributed by atoms with Crippen LogP contribution in [0, 0.1) is 5.92 Å². The van der Waals surface area contributed by atoms with E-state index in [0.29, 0.717) is 5.92 Å². The zero-order chi connectivity index (χ0) is 14.4. The summed E-state index contributed by atoms with van der Waals surface area (Å²) in [6.45, 7) is 5.11. The number of hydrogen-bond acceptors (Lipinski definition) is 3. The Morgan fingerprint density at radius 1 is 1.45 bits per heavy atom. The second-order valence-electron chi connectivity index (χ2n) is 5.28. The van der Waals surface area contributed by atoms with Gasteiger partial charge in [-0.1, -0.05) is 22.9 Å². The lowest BCUT2D eigenvalue weighted by Crippen LogP contribution is -2.32. The molecule has 0 saturated carbocycles. The van der Waals surface area contributed by atoms with Gasteiger partial charge in [-0.3, -0.25) is 0 Å². The first-order valence-corrected chi connectivity index (χ1v) is 8.21. The molecule has 1 heterocycles. The van der Waals surface area contributed by atoms with Crippen LogP contribution in [0.4, 0.5) is 0 Å². The van der Waals surface area contributed by atoms with Gasteiger partial charge < -0.3 is 14.8 Å². The van der Waals surface area contributed by atoms with E-state index in [1.807, 2.05) is 12.1 Å². The molecule has 0 amide bonds. The van der Waals surface area contributed by atoms with E-state index < -0.39 is 0 Å². The Hall–Kier alpha value is -0.580. The van der Waals surface area contributed by atoms with Gasteiger partial charge in [-0.2, -0.15) is 0 Å². The Kier molecular flexibility index (Phi) is 6.33. The molecular weight excluding hydrogens is 318 g/mol. The highest BCUT2D eigenvalue weighted by Crippen LogP contribution is 2.39. The lowest BCUT2D eigenvalue weighted by atomic mass is 9.89. The molecule has 1 aliphatic rings. The molecule has 4 heteroatoms. The molecule has 0 radical (unpaired) electrons. The quantitative estimate of drug-likeness (QED) is 0.795. The van der Waals surface area contributed by atoms with Crippen LogP contribution < -0.4 is 10.1 Å². The summed E-state index contributed by atoms with van der Waals surface area (Å²) in [7, 11) is 1.72. The van der Waals surface area contributed by atoms with Gasteiger partial charge in [0.2, 0.25) is 0 Å². The summed E-state index contributed by atoms with van der Waals surface area (Å²) in [6, 6.07) is 6.14. The van der Waals surface area contributed by atoms with Crippen molar-refractivity contribution in [1.29, 1.82) is 0 Å². The smallest absolute Gasteiger partial charge is 0.124 e. The molecule has 20 heavy (non-hydrogen) atoms. The molecule has 2 unspecified atom stereocenters. The summed E-state index contributed by atoms with van der Waals surface area (Å²) in [5.74, 6) is 1.43. The van der Waals surface area contributed by atoms with E-state index in [2.05, 4.69) is 34.2 Å². The number of ether oxygens (including phenoxy) is 2. The lowest BCUT2D eigenvalue weighted by molar-refractivity contribution is -0.0288. The highest BCUT2D eigenvalue weighted by atomic mass is 79.9. The molecule has 0 aliphatic carbocycles. The molecule has 1 aromatic rings. The third-order valence-electron chi connectivity index (χ3n) is 3.78. The van der Waals surface area contributed by atoms with Gasteiger partial charge in [-0.25, -0.2) is 0 Å². The fraction of sp³-hybridized carbons (Fsp3) is 0.625. The average molecular weight is 342 g/mol. The van der Waals surface area contributed by atoms with Gasteiger partial charge in [0.15, 0.2) is 0 Å². The zero-order valence-electron chi connectivity index (χ0n) is 12.3. The molecule has 2 rings (SSSR count). The summed E-state index contributed by atoms with van der Waals surface area (Å²) < 4.78 is 12.6. The Labute approximate surface area is 130 Å². The molecule has 112 valence electrons. The van der Waals surface area contributed by atoms with Gasteiger partial charge in [-0.05, 0) is 44.0 Å². The second-order valence-corrected chi connectivity index (χ2v) is 6.20. The molecule has 0 spiro atoms. The zero-order valence-corrected chi connectivity index (χ0v) is 13.9. The van der Waals surface area contributed by atoms with Crippen LogP contribution in [0.5, 0.6) is 5.75 Å². The van der Waals surface area contributed by atoms with Crippen molar-refractivity contribution in [3.63, 3.8) is 0 Å². The van der Waals surface area contributed by atoms with Crippen molar-refractivity contribution in [2.45, 2.75) is 32.3 Å². The van der Waals surface area contributed by atoms with Crippen molar-refractivity contribution < 1.29 is 9.47 Å². The van der Waals surface area contributed by atoms with Crippen molar-refractivity contribution in [3.05, 3.63) is 28.2 Å². The SMILES string of the molecule is CCCNCC1CCCOC1c1cc(Br)ccc1OC. The second kappa shape index (κ2) is 8.01. The van der Waals surface area contributed by atoms with Gasteiger partial charge in [0.05, 0.1) is 13.2 Å². The molecule has 2 atom stereocenters. The van der Waals surface area contributed by atoms with Gasteiger partial charge in [0.25, 0.3) is 0 Å². The van der Waals surface area contributed by atoms with E-state index in [9.17, 15) is 0 Å². The van der Waals surface area contributed by atoms with E-state index in [1.54, 1.807) is 7.11 Å². The van der Waals surface area contributed by atoms with Gasteiger partial charge in [0, 0.05) is 29.1 Å². The molecule has 0 aromatic heterocycles. The fourth-order valence-corrected chi connectivity index (χ4v) is 3.17. The van der Waals surface area contributed by atoms with Crippen LogP contribution in [0.1, 0.15) is 37.9 Å². The summed E-state index contributed by atoms with van der Waals surface area (Å²) in [4.78, 5) is 0. The summed E-state index contributed by atoms with van der Waals surface area (Å²) >= 11 is 3.55. The van der Waals surface area contributed by atoms with Crippen LogP contribution in [0.3, 0.4) is 0 Å². The number of methoxy groups -OCH3 is 1. The third kappa shape index (κ3) is 3.96. The first kappa shape index (κ1) is 15.8. The van der Waals surface area contributed by atoms with Gasteiger partial charge in [-0.15, -0.1) is 0 Å². The Morgan fingerprint density at radius 2 is 2.30 bits per heavy atom. The molecule has 1 aliphatic heterocycles. The van der Waals surface area contributed by atoms with Crippen LogP contribution >= 0.6 is 15.9 Å². The van der Waals surface area contributed by atoms with Crippen molar-refractivity contribution in [3.8, 4) is 5.75 Å². The highest BCUT2D eigenvalue weighted by Gasteiger charge is 2.29. The summed E-state index contributed by atoms with van der Waals surface area (Å²) in [5, 5.41) is 3.52. The van der Waals surface area contributed by atoms with Crippen LogP contribution in [0.25, 0.3) is 0 Å². The molecule has 1 N–H and O–H groups in total. The maximum atomic E-state index is 6.06. The normalized spacial score (nSPS) is 22.8. The van der Waals surface area contributed by atoms with Gasteiger partial charge >= 0.3 is 0 Å². The van der Waals surface area contributed by atoms with E-state index in [4.69, 9.17) is 9.47 Å². The molecule has 1 aromatic carbocycles. The number of nitrogens with one attached hydrogen (secondary N) is 1. The van der Waals surface area contributed by atoms with Crippen LogP contribution in [-0.2, 0) is 4.74 Å². The first-order valence-electron chi connectivity index (χ1n) is 7.42. The molecule has 1 saturated heterocycles. The van der Waals surface area contributed by atoms with Crippen LogP contribution in [0.15, 0.2) is 22.7 Å². The van der Waals surface area contributed by atoms with E-state index in [1.165, 1.54) is 12.8 Å². The minimum absolute atomic E-state index is 0.126. The van der Waals surface area contributed by atoms with Crippen molar-refractivity contribution in [1.82, 2.24) is 5.32 Å². The highest BCUT2D eigenvalue weighted by molar-refractivity contribution is 9.10. The molecule has 1 fully saturated rings.